The zero-order chi connectivity index (χ0) is 15.2. The fourth-order valence-corrected chi connectivity index (χ4v) is 3.47. The van der Waals surface area contributed by atoms with Crippen LogP contribution in [0.1, 0.15) is 38.2 Å². The molecule has 1 aliphatic heterocycles. The first-order valence-electron chi connectivity index (χ1n) is 7.47. The van der Waals surface area contributed by atoms with Crippen molar-refractivity contribution in [3.63, 3.8) is 0 Å². The minimum atomic E-state index is -2.60. The molecular weight excluding hydrogens is 274 g/mol. The highest BCUT2D eigenvalue weighted by molar-refractivity contribution is 5.98. The van der Waals surface area contributed by atoms with E-state index in [1.807, 2.05) is 19.1 Å². The van der Waals surface area contributed by atoms with Crippen molar-refractivity contribution in [1.82, 2.24) is 0 Å². The van der Waals surface area contributed by atoms with Gasteiger partial charge in [0.05, 0.1) is 0 Å². The van der Waals surface area contributed by atoms with E-state index in [9.17, 15) is 13.6 Å². The number of carbonyl (C=O) groups excluding carboxylic acids is 1. The smallest absolute Gasteiger partial charge is 0.248 e. The Morgan fingerprint density at radius 1 is 1.33 bits per heavy atom. The predicted molar refractivity (Wildman–Crippen MR) is 78.4 cm³/mol. The Kier molecular flexibility index (Phi) is 3.38. The molecule has 1 aliphatic carbocycles. The summed E-state index contributed by atoms with van der Waals surface area (Å²) in [7, 11) is 0. The zero-order valence-electron chi connectivity index (χ0n) is 12.1. The lowest BCUT2D eigenvalue weighted by molar-refractivity contribution is -0.126. The Hall–Kier alpha value is -1.65. The molecule has 3 rings (SSSR count). The molecule has 1 saturated carbocycles. The molecule has 0 saturated heterocycles. The van der Waals surface area contributed by atoms with Crippen LogP contribution in [-0.2, 0) is 11.2 Å². The molecule has 1 aromatic carbocycles. The van der Waals surface area contributed by atoms with Gasteiger partial charge in [-0.15, -0.1) is 0 Å². The molecule has 2 N–H and O–H groups in total. The number of amides is 1. The number of hydrogen-bond acceptors (Lipinski definition) is 2. The molecule has 114 valence electrons. The normalized spacial score (nSPS) is 24.9. The molecule has 1 unspecified atom stereocenters. The van der Waals surface area contributed by atoms with Gasteiger partial charge in [0.1, 0.15) is 0 Å². The van der Waals surface area contributed by atoms with Gasteiger partial charge >= 0.3 is 0 Å². The number of anilines is 2. The van der Waals surface area contributed by atoms with E-state index in [2.05, 4.69) is 0 Å². The summed E-state index contributed by atoms with van der Waals surface area (Å²) >= 11 is 0. The minimum absolute atomic E-state index is 0.0125. The van der Waals surface area contributed by atoms with Crippen LogP contribution in [0.3, 0.4) is 0 Å². The lowest BCUT2D eigenvalue weighted by Gasteiger charge is -2.32. The molecule has 0 spiro atoms. The van der Waals surface area contributed by atoms with E-state index >= 15 is 0 Å². The highest BCUT2D eigenvalue weighted by Gasteiger charge is 2.41. The van der Waals surface area contributed by atoms with Crippen molar-refractivity contribution >= 4 is 17.3 Å². The van der Waals surface area contributed by atoms with Crippen molar-refractivity contribution in [2.24, 2.45) is 5.92 Å². The molecule has 1 fully saturated rings. The fourth-order valence-electron chi connectivity index (χ4n) is 3.47. The number of fused-ring (bicyclic) bond motifs is 1. The molecule has 1 amide bonds. The summed E-state index contributed by atoms with van der Waals surface area (Å²) in [6.07, 6.45) is 0.966. The third kappa shape index (κ3) is 2.61. The first kappa shape index (κ1) is 14.3. The van der Waals surface area contributed by atoms with Crippen molar-refractivity contribution in [2.75, 3.05) is 10.6 Å². The van der Waals surface area contributed by atoms with Crippen LogP contribution < -0.4 is 10.6 Å². The Labute approximate surface area is 123 Å². The summed E-state index contributed by atoms with van der Waals surface area (Å²) in [5, 5.41) is 0. The lowest BCUT2D eigenvalue weighted by atomic mass is 9.85. The highest BCUT2D eigenvalue weighted by Crippen LogP contribution is 2.40. The summed E-state index contributed by atoms with van der Waals surface area (Å²) in [6.45, 7) is 1.99. The molecule has 21 heavy (non-hydrogen) atoms. The first-order valence-corrected chi connectivity index (χ1v) is 7.47. The number of rotatable bonds is 1. The van der Waals surface area contributed by atoms with Crippen LogP contribution in [0, 0.1) is 5.92 Å². The van der Waals surface area contributed by atoms with Crippen molar-refractivity contribution in [1.29, 1.82) is 0 Å². The Morgan fingerprint density at radius 3 is 2.67 bits per heavy atom. The average molecular weight is 294 g/mol. The van der Waals surface area contributed by atoms with Gasteiger partial charge in [-0.05, 0) is 49.9 Å². The van der Waals surface area contributed by atoms with Crippen LogP contribution >= 0.6 is 0 Å². The second kappa shape index (κ2) is 4.97. The van der Waals surface area contributed by atoms with Gasteiger partial charge in [-0.25, -0.2) is 8.78 Å². The minimum Gasteiger partial charge on any atom is -0.399 e. The molecular formula is C16H20F2N2O. The van der Waals surface area contributed by atoms with Gasteiger partial charge in [-0.1, -0.05) is 0 Å². The summed E-state index contributed by atoms with van der Waals surface area (Å²) in [4.78, 5) is 14.5. The quantitative estimate of drug-likeness (QED) is 0.807. The molecule has 1 heterocycles. The van der Waals surface area contributed by atoms with E-state index < -0.39 is 5.92 Å². The van der Waals surface area contributed by atoms with Crippen molar-refractivity contribution < 1.29 is 13.6 Å². The zero-order valence-corrected chi connectivity index (χ0v) is 12.1. The molecule has 0 aromatic heterocycles. The number of carbonyl (C=O) groups is 1. The molecule has 1 atom stereocenters. The van der Waals surface area contributed by atoms with Gasteiger partial charge < -0.3 is 10.6 Å². The Balaban J connectivity index is 1.80. The summed E-state index contributed by atoms with van der Waals surface area (Å²) in [6, 6.07) is 5.61. The Morgan fingerprint density at radius 2 is 2.00 bits per heavy atom. The van der Waals surface area contributed by atoms with Crippen LogP contribution in [0.25, 0.3) is 0 Å². The van der Waals surface area contributed by atoms with Crippen molar-refractivity contribution in [3.8, 4) is 0 Å². The van der Waals surface area contributed by atoms with E-state index in [1.54, 1.807) is 11.0 Å². The van der Waals surface area contributed by atoms with E-state index in [1.165, 1.54) is 0 Å². The number of hydrogen-bond donors (Lipinski definition) is 1. The molecule has 5 heteroatoms. The number of nitrogen functional groups attached to an aromatic ring is 1. The largest absolute Gasteiger partial charge is 0.399 e. The second-order valence-corrected chi connectivity index (χ2v) is 6.28. The van der Waals surface area contributed by atoms with Crippen LogP contribution in [0.4, 0.5) is 20.2 Å². The van der Waals surface area contributed by atoms with Gasteiger partial charge in [0, 0.05) is 36.2 Å². The molecule has 0 bridgehead atoms. The van der Waals surface area contributed by atoms with E-state index in [0.717, 1.165) is 17.7 Å². The third-order valence-corrected chi connectivity index (χ3v) is 4.62. The van der Waals surface area contributed by atoms with Crippen LogP contribution in [0.15, 0.2) is 18.2 Å². The monoisotopic (exact) mass is 294 g/mol. The SMILES string of the molecule is CC1Cc2cc(N)ccc2N1C(=O)C1CCC(F)(F)CC1. The first-order chi connectivity index (χ1) is 9.87. The number of halogens is 2. The van der Waals surface area contributed by atoms with Gasteiger partial charge in [-0.3, -0.25) is 4.79 Å². The van der Waals surface area contributed by atoms with Crippen molar-refractivity contribution in [3.05, 3.63) is 23.8 Å². The molecule has 2 aliphatic rings. The average Bonchev–Trinajstić information content (AvgIpc) is 2.73. The van der Waals surface area contributed by atoms with Gasteiger partial charge in [0.25, 0.3) is 0 Å². The number of nitrogens with zero attached hydrogens (tertiary/aromatic N) is 1. The third-order valence-electron chi connectivity index (χ3n) is 4.62. The summed E-state index contributed by atoms with van der Waals surface area (Å²) in [5.41, 5.74) is 8.43. The second-order valence-electron chi connectivity index (χ2n) is 6.28. The van der Waals surface area contributed by atoms with E-state index in [4.69, 9.17) is 5.73 Å². The number of benzene rings is 1. The standard InChI is InChI=1S/C16H20F2N2O/c1-10-8-12-9-13(19)2-3-14(12)20(10)15(21)11-4-6-16(17,18)7-5-11/h2-3,9-11H,4-8,19H2,1H3. The topological polar surface area (TPSA) is 46.3 Å². The van der Waals surface area contributed by atoms with Crippen LogP contribution in [0.5, 0.6) is 0 Å². The lowest BCUT2D eigenvalue weighted by Crippen LogP contribution is -2.42. The summed E-state index contributed by atoms with van der Waals surface area (Å²) < 4.78 is 26.5. The molecule has 3 nitrogen and oxygen atoms in total. The van der Waals surface area contributed by atoms with Crippen LogP contribution in [-0.4, -0.2) is 17.9 Å². The van der Waals surface area contributed by atoms with Crippen molar-refractivity contribution in [2.45, 2.75) is 51.0 Å². The van der Waals surface area contributed by atoms with Crippen LogP contribution in [0.2, 0.25) is 0 Å². The van der Waals surface area contributed by atoms with Gasteiger partial charge in [-0.2, -0.15) is 0 Å². The highest BCUT2D eigenvalue weighted by atomic mass is 19.3. The maximum Gasteiger partial charge on any atom is 0.248 e. The maximum atomic E-state index is 13.2. The molecule has 0 radical (unpaired) electrons. The van der Waals surface area contributed by atoms with Gasteiger partial charge in [0.2, 0.25) is 11.8 Å². The fraction of sp³-hybridized carbons (Fsp3) is 0.562. The van der Waals surface area contributed by atoms with E-state index in [0.29, 0.717) is 5.69 Å². The molecule has 1 aromatic rings. The number of alkyl halides is 2. The maximum absolute atomic E-state index is 13.2. The summed E-state index contributed by atoms with van der Waals surface area (Å²) in [5.74, 6) is -2.89. The number of nitrogens with two attached hydrogens (primary N) is 1. The Bertz CT molecular complexity index is 563. The van der Waals surface area contributed by atoms with E-state index in [-0.39, 0.29) is 43.6 Å². The van der Waals surface area contributed by atoms with Gasteiger partial charge in [0.15, 0.2) is 0 Å². The predicted octanol–water partition coefficient (Wildman–Crippen LogP) is 3.37.